The Morgan fingerprint density at radius 1 is 1.30 bits per heavy atom. The number of nitro groups is 1. The van der Waals surface area contributed by atoms with E-state index in [0.29, 0.717) is 23.1 Å². The summed E-state index contributed by atoms with van der Waals surface area (Å²) in [4.78, 5) is 10.5. The van der Waals surface area contributed by atoms with Gasteiger partial charge in [0.2, 0.25) is 0 Å². The second-order valence-corrected chi connectivity index (χ2v) is 5.98. The third kappa shape index (κ3) is 3.08. The summed E-state index contributed by atoms with van der Waals surface area (Å²) in [5, 5.41) is 14.3. The Morgan fingerprint density at radius 2 is 2.00 bits per heavy atom. The highest BCUT2D eigenvalue weighted by Crippen LogP contribution is 2.34. The van der Waals surface area contributed by atoms with E-state index in [-0.39, 0.29) is 11.7 Å². The van der Waals surface area contributed by atoms with Crippen molar-refractivity contribution < 1.29 is 9.31 Å². The quantitative estimate of drug-likeness (QED) is 0.664. The average molecular weight is 280 g/mol. The van der Waals surface area contributed by atoms with Gasteiger partial charge in [0.1, 0.15) is 11.5 Å². The van der Waals surface area contributed by atoms with Crippen molar-refractivity contribution in [2.24, 2.45) is 11.8 Å². The van der Waals surface area contributed by atoms with Crippen LogP contribution in [0.15, 0.2) is 12.1 Å². The van der Waals surface area contributed by atoms with Crippen LogP contribution in [0.5, 0.6) is 0 Å². The first kappa shape index (κ1) is 14.8. The van der Waals surface area contributed by atoms with Gasteiger partial charge >= 0.3 is 0 Å². The minimum absolute atomic E-state index is 0.181. The lowest BCUT2D eigenvalue weighted by Crippen LogP contribution is -2.30. The second kappa shape index (κ2) is 5.77. The molecule has 1 saturated carbocycles. The maximum Gasteiger partial charge on any atom is 0.295 e. The first-order valence-corrected chi connectivity index (χ1v) is 7.09. The van der Waals surface area contributed by atoms with Crippen molar-refractivity contribution in [1.29, 1.82) is 0 Å². The maximum atomic E-state index is 13.5. The number of halogens is 1. The number of anilines is 1. The topological polar surface area (TPSA) is 55.2 Å². The van der Waals surface area contributed by atoms with Crippen molar-refractivity contribution in [3.8, 4) is 0 Å². The van der Waals surface area contributed by atoms with Gasteiger partial charge in [-0.15, -0.1) is 0 Å². The van der Waals surface area contributed by atoms with Crippen LogP contribution in [0.25, 0.3) is 0 Å². The van der Waals surface area contributed by atoms with Gasteiger partial charge in [-0.1, -0.05) is 13.8 Å². The van der Waals surface area contributed by atoms with Gasteiger partial charge in [-0.25, -0.2) is 4.39 Å². The molecule has 0 amide bonds. The van der Waals surface area contributed by atoms with Crippen LogP contribution in [-0.2, 0) is 0 Å². The third-order valence-electron chi connectivity index (χ3n) is 4.43. The number of nitro benzene ring substituents is 1. The Hall–Kier alpha value is -1.65. The fraction of sp³-hybridized carbons (Fsp3) is 0.600. The highest BCUT2D eigenvalue weighted by molar-refractivity contribution is 5.63. The lowest BCUT2D eigenvalue weighted by molar-refractivity contribution is -0.384. The van der Waals surface area contributed by atoms with Crippen LogP contribution in [0.4, 0.5) is 15.8 Å². The number of hydrogen-bond donors (Lipinski definition) is 1. The number of rotatable bonds is 3. The zero-order valence-corrected chi connectivity index (χ0v) is 12.1. The predicted octanol–water partition coefficient (Wildman–Crippen LogP) is 4.28. The first-order chi connectivity index (χ1) is 9.38. The fourth-order valence-corrected chi connectivity index (χ4v) is 2.84. The molecule has 0 bridgehead atoms. The first-order valence-electron chi connectivity index (χ1n) is 7.09. The summed E-state index contributed by atoms with van der Waals surface area (Å²) in [6.07, 6.45) is 3.11. The minimum Gasteiger partial charge on any atom is -0.377 e. The molecule has 0 aliphatic heterocycles. The molecular formula is C15H21FN2O2. The third-order valence-corrected chi connectivity index (χ3v) is 4.43. The van der Waals surface area contributed by atoms with Crippen LogP contribution in [0.1, 0.15) is 38.7 Å². The molecule has 1 aromatic carbocycles. The normalized spacial score (nSPS) is 26.3. The van der Waals surface area contributed by atoms with Crippen molar-refractivity contribution in [3.05, 3.63) is 33.6 Å². The molecule has 1 fully saturated rings. The van der Waals surface area contributed by atoms with Crippen LogP contribution < -0.4 is 5.32 Å². The molecule has 3 atom stereocenters. The molecule has 1 aliphatic rings. The summed E-state index contributed by atoms with van der Waals surface area (Å²) in [7, 11) is 0. The summed E-state index contributed by atoms with van der Waals surface area (Å²) >= 11 is 0. The average Bonchev–Trinajstić information content (AvgIpc) is 2.37. The molecule has 0 saturated heterocycles. The number of benzene rings is 1. The number of nitrogens with zero attached hydrogens (tertiary/aromatic N) is 1. The van der Waals surface area contributed by atoms with Crippen LogP contribution in [0.2, 0.25) is 0 Å². The van der Waals surface area contributed by atoms with Gasteiger partial charge in [-0.3, -0.25) is 10.1 Å². The van der Waals surface area contributed by atoms with Crippen LogP contribution in [0.3, 0.4) is 0 Å². The Bertz CT molecular complexity index is 519. The fourth-order valence-electron chi connectivity index (χ4n) is 2.84. The lowest BCUT2D eigenvalue weighted by atomic mass is 9.79. The molecule has 2 rings (SSSR count). The van der Waals surface area contributed by atoms with E-state index in [0.717, 1.165) is 25.3 Å². The SMILES string of the molecule is Cc1cc(NC2CCC(C)C(C)C2)c([N+](=O)[O-])cc1F. The van der Waals surface area contributed by atoms with Crippen LogP contribution >= 0.6 is 0 Å². The van der Waals surface area contributed by atoms with Gasteiger partial charge in [0.05, 0.1) is 11.0 Å². The van der Waals surface area contributed by atoms with E-state index in [1.54, 1.807) is 6.92 Å². The zero-order chi connectivity index (χ0) is 14.9. The molecule has 0 heterocycles. The van der Waals surface area contributed by atoms with Gasteiger partial charge < -0.3 is 5.32 Å². The van der Waals surface area contributed by atoms with Gasteiger partial charge in [0, 0.05) is 6.04 Å². The molecule has 0 radical (unpaired) electrons. The standard InChI is InChI=1S/C15H21FN2O2/c1-9-4-5-12(6-10(9)2)17-14-7-11(3)13(16)8-15(14)18(19)20/h7-10,12,17H,4-6H2,1-3H3. The summed E-state index contributed by atoms with van der Waals surface area (Å²) in [6, 6.07) is 2.77. The molecule has 20 heavy (non-hydrogen) atoms. The summed E-state index contributed by atoms with van der Waals surface area (Å²) < 4.78 is 13.5. The Kier molecular flexibility index (Phi) is 4.26. The van der Waals surface area contributed by atoms with Gasteiger partial charge in [0.15, 0.2) is 0 Å². The molecule has 0 spiro atoms. The highest BCUT2D eigenvalue weighted by Gasteiger charge is 2.26. The van der Waals surface area contributed by atoms with E-state index >= 15 is 0 Å². The molecule has 1 aliphatic carbocycles. The zero-order valence-electron chi connectivity index (χ0n) is 12.1. The summed E-state index contributed by atoms with van der Waals surface area (Å²) in [5.74, 6) is 0.757. The van der Waals surface area contributed by atoms with Crippen LogP contribution in [-0.4, -0.2) is 11.0 Å². The van der Waals surface area contributed by atoms with Gasteiger partial charge in [-0.05, 0) is 49.7 Å². The molecule has 0 aromatic heterocycles. The number of aryl methyl sites for hydroxylation is 1. The van der Waals surface area contributed by atoms with E-state index < -0.39 is 10.7 Å². The van der Waals surface area contributed by atoms with E-state index in [1.807, 2.05) is 0 Å². The molecule has 3 unspecified atom stereocenters. The maximum absolute atomic E-state index is 13.5. The van der Waals surface area contributed by atoms with E-state index in [4.69, 9.17) is 0 Å². The van der Waals surface area contributed by atoms with Crippen molar-refractivity contribution >= 4 is 11.4 Å². The van der Waals surface area contributed by atoms with E-state index in [1.165, 1.54) is 6.07 Å². The van der Waals surface area contributed by atoms with Crippen molar-refractivity contribution in [3.63, 3.8) is 0 Å². The Balaban J connectivity index is 2.20. The summed E-state index contributed by atoms with van der Waals surface area (Å²) in [5.41, 5.74) is 0.676. The van der Waals surface area contributed by atoms with E-state index in [9.17, 15) is 14.5 Å². The molecule has 5 heteroatoms. The highest BCUT2D eigenvalue weighted by atomic mass is 19.1. The molecule has 4 nitrogen and oxygen atoms in total. The van der Waals surface area contributed by atoms with Gasteiger partial charge in [-0.2, -0.15) is 0 Å². The van der Waals surface area contributed by atoms with Crippen LogP contribution in [0, 0.1) is 34.7 Å². The van der Waals surface area contributed by atoms with Gasteiger partial charge in [0.25, 0.3) is 5.69 Å². The molecule has 1 N–H and O–H groups in total. The molecule has 1 aromatic rings. The minimum atomic E-state index is -0.534. The van der Waals surface area contributed by atoms with E-state index in [2.05, 4.69) is 19.2 Å². The van der Waals surface area contributed by atoms with Crippen molar-refractivity contribution in [1.82, 2.24) is 0 Å². The van der Waals surface area contributed by atoms with Crippen molar-refractivity contribution in [2.75, 3.05) is 5.32 Å². The predicted molar refractivity (Wildman–Crippen MR) is 77.4 cm³/mol. The Labute approximate surface area is 118 Å². The van der Waals surface area contributed by atoms with Crippen molar-refractivity contribution in [2.45, 2.75) is 46.1 Å². The lowest BCUT2D eigenvalue weighted by Gasteiger charge is -2.33. The smallest absolute Gasteiger partial charge is 0.295 e. The number of hydrogen-bond acceptors (Lipinski definition) is 3. The Morgan fingerprint density at radius 3 is 2.60 bits per heavy atom. The largest absolute Gasteiger partial charge is 0.377 e. The monoisotopic (exact) mass is 280 g/mol. The summed E-state index contributed by atoms with van der Waals surface area (Å²) in [6.45, 7) is 6.07. The second-order valence-electron chi connectivity index (χ2n) is 5.98. The number of nitrogens with one attached hydrogen (secondary N) is 1. The molecule has 110 valence electrons. The molecular weight excluding hydrogens is 259 g/mol.